The first kappa shape index (κ1) is 16.4. The molecule has 19 heavy (non-hydrogen) atoms. The number of methoxy groups -OCH3 is 1. The number of allylic oxidation sites excluding steroid dienone is 1. The highest BCUT2D eigenvalue weighted by Crippen LogP contribution is 2.35. The van der Waals surface area contributed by atoms with Gasteiger partial charge in [-0.15, -0.1) is 0 Å². The number of aliphatic hydroxyl groups is 1. The topological polar surface area (TPSA) is 46.5 Å². The molecule has 3 nitrogen and oxygen atoms in total. The minimum absolute atomic E-state index is 0.0448. The van der Waals surface area contributed by atoms with Crippen LogP contribution in [0.25, 0.3) is 0 Å². The molecule has 1 N–H and O–H groups in total. The summed E-state index contributed by atoms with van der Waals surface area (Å²) in [6, 6.07) is 0. The fourth-order valence-electron chi connectivity index (χ4n) is 2.97. The summed E-state index contributed by atoms with van der Waals surface area (Å²) in [5, 5.41) is 9.53. The van der Waals surface area contributed by atoms with Crippen LogP contribution in [0.3, 0.4) is 0 Å². The largest absolute Gasteiger partial charge is 0.396 e. The maximum Gasteiger partial charge on any atom is 0.162 e. The smallest absolute Gasteiger partial charge is 0.162 e. The van der Waals surface area contributed by atoms with Gasteiger partial charge in [0.2, 0.25) is 0 Å². The minimum Gasteiger partial charge on any atom is -0.396 e. The van der Waals surface area contributed by atoms with Crippen molar-refractivity contribution < 1.29 is 14.6 Å². The Morgan fingerprint density at radius 3 is 2.74 bits per heavy atom. The third-order valence-electron chi connectivity index (χ3n) is 4.14. The van der Waals surface area contributed by atoms with Crippen LogP contribution in [-0.4, -0.2) is 30.7 Å². The number of ether oxygens (including phenoxy) is 1. The third-order valence-corrected chi connectivity index (χ3v) is 4.14. The molecule has 0 heterocycles. The van der Waals surface area contributed by atoms with Crippen LogP contribution in [0.5, 0.6) is 0 Å². The lowest BCUT2D eigenvalue weighted by Crippen LogP contribution is -2.42. The zero-order chi connectivity index (χ0) is 14.4. The average Bonchev–Trinajstić information content (AvgIpc) is 2.37. The van der Waals surface area contributed by atoms with Gasteiger partial charge in [0.25, 0.3) is 0 Å². The van der Waals surface area contributed by atoms with Gasteiger partial charge in [-0.2, -0.15) is 0 Å². The van der Waals surface area contributed by atoms with Crippen LogP contribution in [0.4, 0.5) is 0 Å². The quantitative estimate of drug-likeness (QED) is 0.753. The Kier molecular flexibility index (Phi) is 6.73. The van der Waals surface area contributed by atoms with Crippen molar-refractivity contribution in [2.75, 3.05) is 13.7 Å². The van der Waals surface area contributed by atoms with Crippen LogP contribution < -0.4 is 0 Å². The zero-order valence-corrected chi connectivity index (χ0v) is 12.7. The number of hydrogen-bond acceptors (Lipinski definition) is 3. The van der Waals surface area contributed by atoms with Crippen molar-refractivity contribution in [2.45, 2.75) is 52.6 Å². The first-order chi connectivity index (χ1) is 9.01. The summed E-state index contributed by atoms with van der Waals surface area (Å²) in [4.78, 5) is 11.9. The highest BCUT2D eigenvalue weighted by atomic mass is 16.5. The van der Waals surface area contributed by atoms with Crippen molar-refractivity contribution in [2.24, 2.45) is 17.8 Å². The first-order valence-electron chi connectivity index (χ1n) is 7.34. The number of carbonyl (C=O) groups is 1. The Morgan fingerprint density at radius 1 is 1.53 bits per heavy atom. The van der Waals surface area contributed by atoms with Crippen LogP contribution in [0.2, 0.25) is 0 Å². The Hall–Kier alpha value is -0.670. The molecule has 0 unspecified atom stereocenters. The lowest BCUT2D eigenvalue weighted by Gasteiger charge is -2.36. The number of Topliss-reactive ketones (excluding diaryl/α,β-unsaturated/α-hetero) is 1. The van der Waals surface area contributed by atoms with E-state index in [1.54, 1.807) is 7.11 Å². The molecule has 3 atom stereocenters. The molecule has 0 radical (unpaired) electrons. The van der Waals surface area contributed by atoms with E-state index in [2.05, 4.69) is 26.8 Å². The normalized spacial score (nSPS) is 29.1. The second-order valence-corrected chi connectivity index (χ2v) is 6.05. The molecule has 1 aliphatic rings. The van der Waals surface area contributed by atoms with Gasteiger partial charge in [-0.25, -0.2) is 0 Å². The van der Waals surface area contributed by atoms with Gasteiger partial charge in [0.15, 0.2) is 5.78 Å². The Labute approximate surface area is 117 Å². The van der Waals surface area contributed by atoms with Crippen LogP contribution in [0.15, 0.2) is 11.6 Å². The maximum absolute atomic E-state index is 11.9. The lowest BCUT2D eigenvalue weighted by atomic mass is 9.73. The van der Waals surface area contributed by atoms with E-state index in [-0.39, 0.29) is 30.3 Å². The molecule has 110 valence electrons. The van der Waals surface area contributed by atoms with Crippen LogP contribution in [-0.2, 0) is 9.53 Å². The summed E-state index contributed by atoms with van der Waals surface area (Å²) in [5.41, 5.74) is 1.19. The van der Waals surface area contributed by atoms with Gasteiger partial charge < -0.3 is 9.84 Å². The van der Waals surface area contributed by atoms with Crippen LogP contribution >= 0.6 is 0 Å². The van der Waals surface area contributed by atoms with E-state index < -0.39 is 0 Å². The standard InChI is InChI=1S/C16H28O3/c1-11(2)6-5-7-12(3)15-13(10-17)8-9-14(18)16(15)19-4/h7,11,13,15-17H,5-6,8-10H2,1-4H3/t13-,15-,16-/m1/s1. The van der Waals surface area contributed by atoms with Crippen LogP contribution in [0.1, 0.15) is 46.5 Å². The minimum atomic E-state index is -0.374. The Balaban J connectivity index is 2.79. The molecule has 0 aromatic heterocycles. The van der Waals surface area contributed by atoms with Crippen molar-refractivity contribution in [3.8, 4) is 0 Å². The maximum atomic E-state index is 11.9. The molecule has 0 aromatic carbocycles. The summed E-state index contributed by atoms with van der Waals surface area (Å²) in [5.74, 6) is 1.05. The number of hydrogen-bond donors (Lipinski definition) is 1. The first-order valence-corrected chi connectivity index (χ1v) is 7.34. The van der Waals surface area contributed by atoms with Crippen LogP contribution in [0, 0.1) is 17.8 Å². The van der Waals surface area contributed by atoms with Gasteiger partial charge in [-0.05, 0) is 38.0 Å². The molecule has 3 heteroatoms. The molecular formula is C16H28O3. The average molecular weight is 268 g/mol. The fourth-order valence-corrected chi connectivity index (χ4v) is 2.97. The van der Waals surface area contributed by atoms with Crippen molar-refractivity contribution in [1.29, 1.82) is 0 Å². The second kappa shape index (κ2) is 7.81. The van der Waals surface area contributed by atoms with E-state index in [4.69, 9.17) is 4.74 Å². The second-order valence-electron chi connectivity index (χ2n) is 6.05. The van der Waals surface area contributed by atoms with E-state index in [1.165, 1.54) is 5.57 Å². The number of rotatable bonds is 6. The molecule has 0 saturated heterocycles. The fraction of sp³-hybridized carbons (Fsp3) is 0.812. The van der Waals surface area contributed by atoms with E-state index in [0.717, 1.165) is 19.3 Å². The van der Waals surface area contributed by atoms with E-state index in [1.807, 2.05) is 0 Å². The molecule has 1 aliphatic carbocycles. The van der Waals surface area contributed by atoms with Gasteiger partial charge in [0, 0.05) is 26.1 Å². The van der Waals surface area contributed by atoms with E-state index >= 15 is 0 Å². The van der Waals surface area contributed by atoms with Gasteiger partial charge >= 0.3 is 0 Å². The van der Waals surface area contributed by atoms with Crippen molar-refractivity contribution >= 4 is 5.78 Å². The number of aliphatic hydroxyl groups excluding tert-OH is 1. The Bertz CT molecular complexity index is 320. The van der Waals surface area contributed by atoms with Gasteiger partial charge in [-0.1, -0.05) is 25.5 Å². The molecule has 1 rings (SSSR count). The highest BCUT2D eigenvalue weighted by molar-refractivity contribution is 5.84. The molecule has 0 spiro atoms. The molecule has 1 saturated carbocycles. The predicted molar refractivity (Wildman–Crippen MR) is 76.9 cm³/mol. The number of carbonyl (C=O) groups excluding carboxylic acids is 1. The molecular weight excluding hydrogens is 240 g/mol. The van der Waals surface area contributed by atoms with Gasteiger partial charge in [-0.3, -0.25) is 4.79 Å². The third kappa shape index (κ3) is 4.43. The summed E-state index contributed by atoms with van der Waals surface area (Å²) in [6.07, 6.45) is 5.33. The molecule has 0 amide bonds. The Morgan fingerprint density at radius 2 is 2.21 bits per heavy atom. The lowest BCUT2D eigenvalue weighted by molar-refractivity contribution is -0.137. The number of ketones is 1. The predicted octanol–water partition coefficient (Wildman–Crippen LogP) is 2.97. The highest BCUT2D eigenvalue weighted by Gasteiger charge is 2.39. The molecule has 1 fully saturated rings. The monoisotopic (exact) mass is 268 g/mol. The summed E-state index contributed by atoms with van der Waals surface area (Å²) in [7, 11) is 1.59. The van der Waals surface area contributed by atoms with E-state index in [0.29, 0.717) is 12.3 Å². The zero-order valence-electron chi connectivity index (χ0n) is 12.7. The molecule has 0 aromatic rings. The van der Waals surface area contributed by atoms with Gasteiger partial charge in [0.05, 0.1) is 0 Å². The van der Waals surface area contributed by atoms with E-state index in [9.17, 15) is 9.90 Å². The molecule has 0 aliphatic heterocycles. The SMILES string of the molecule is CO[C@@H]1C(=O)CC[C@H](CO)[C@H]1C(C)=CCCC(C)C. The molecule has 0 bridgehead atoms. The van der Waals surface area contributed by atoms with Crippen molar-refractivity contribution in [3.63, 3.8) is 0 Å². The summed E-state index contributed by atoms with van der Waals surface area (Å²) >= 11 is 0. The summed E-state index contributed by atoms with van der Waals surface area (Å²) < 4.78 is 5.40. The van der Waals surface area contributed by atoms with Crippen molar-refractivity contribution in [1.82, 2.24) is 0 Å². The van der Waals surface area contributed by atoms with Gasteiger partial charge in [0.1, 0.15) is 6.10 Å². The van der Waals surface area contributed by atoms with Crippen molar-refractivity contribution in [3.05, 3.63) is 11.6 Å². The summed E-state index contributed by atoms with van der Waals surface area (Å²) in [6.45, 7) is 6.62.